The molecule has 2 fully saturated rings. The first-order valence-corrected chi connectivity index (χ1v) is 11.9. The van der Waals surface area contributed by atoms with Gasteiger partial charge in [0.1, 0.15) is 17.4 Å². The van der Waals surface area contributed by atoms with E-state index in [0.29, 0.717) is 45.9 Å². The summed E-state index contributed by atoms with van der Waals surface area (Å²) in [6, 6.07) is 11.5. The SMILES string of the molecule is O=C1CCCCN1c1ccc(-c2cc(F)cc(-c3ccnc(N4CCNCC4)c3)c2O)cc1Cl. The molecule has 2 aromatic carbocycles. The summed E-state index contributed by atoms with van der Waals surface area (Å²) < 4.78 is 14.7. The molecule has 0 spiro atoms. The smallest absolute Gasteiger partial charge is 0.227 e. The van der Waals surface area contributed by atoms with Crippen molar-refractivity contribution in [3.05, 3.63) is 59.5 Å². The third kappa shape index (κ3) is 4.45. The zero-order chi connectivity index (χ0) is 23.7. The summed E-state index contributed by atoms with van der Waals surface area (Å²) in [6.07, 6.45) is 4.00. The highest BCUT2D eigenvalue weighted by Gasteiger charge is 2.23. The molecule has 1 amide bonds. The van der Waals surface area contributed by atoms with E-state index in [-0.39, 0.29) is 11.7 Å². The van der Waals surface area contributed by atoms with Crippen LogP contribution in [-0.4, -0.2) is 48.7 Å². The molecule has 2 aliphatic heterocycles. The lowest BCUT2D eigenvalue weighted by molar-refractivity contribution is -0.119. The number of piperazine rings is 1. The molecule has 0 atom stereocenters. The van der Waals surface area contributed by atoms with Crippen LogP contribution in [-0.2, 0) is 4.79 Å². The number of rotatable bonds is 4. The molecular formula is C26H26ClFN4O2. The number of benzene rings is 2. The van der Waals surface area contributed by atoms with E-state index in [9.17, 15) is 14.3 Å². The Morgan fingerprint density at radius 1 is 0.971 bits per heavy atom. The molecule has 2 aliphatic rings. The molecule has 5 rings (SSSR count). The van der Waals surface area contributed by atoms with Crippen molar-refractivity contribution in [1.29, 1.82) is 0 Å². The maximum atomic E-state index is 14.7. The van der Waals surface area contributed by atoms with Crippen molar-refractivity contribution >= 4 is 29.0 Å². The number of hydrogen-bond acceptors (Lipinski definition) is 5. The summed E-state index contributed by atoms with van der Waals surface area (Å²) in [5.74, 6) is 0.351. The molecule has 0 aliphatic carbocycles. The second-order valence-corrected chi connectivity index (χ2v) is 9.07. The number of halogens is 2. The van der Waals surface area contributed by atoms with Gasteiger partial charge < -0.3 is 20.2 Å². The lowest BCUT2D eigenvalue weighted by atomic mass is 9.97. The highest BCUT2D eigenvalue weighted by molar-refractivity contribution is 6.34. The molecule has 0 bridgehead atoms. The van der Waals surface area contributed by atoms with Crippen molar-refractivity contribution in [1.82, 2.24) is 10.3 Å². The fourth-order valence-corrected chi connectivity index (χ4v) is 4.93. The van der Waals surface area contributed by atoms with E-state index >= 15 is 0 Å². The van der Waals surface area contributed by atoms with Crippen LogP contribution in [0.15, 0.2) is 48.7 Å². The highest BCUT2D eigenvalue weighted by atomic mass is 35.5. The number of carbonyl (C=O) groups excluding carboxylic acids is 1. The number of nitrogens with zero attached hydrogens (tertiary/aromatic N) is 3. The van der Waals surface area contributed by atoms with E-state index in [1.54, 1.807) is 35.4 Å². The maximum Gasteiger partial charge on any atom is 0.227 e. The zero-order valence-electron chi connectivity index (χ0n) is 18.7. The Morgan fingerprint density at radius 2 is 1.71 bits per heavy atom. The molecule has 3 heterocycles. The summed E-state index contributed by atoms with van der Waals surface area (Å²) >= 11 is 6.55. The minimum Gasteiger partial charge on any atom is -0.507 e. The van der Waals surface area contributed by atoms with Gasteiger partial charge in [0.25, 0.3) is 0 Å². The normalized spacial score (nSPS) is 16.7. The van der Waals surface area contributed by atoms with Crippen molar-refractivity contribution in [3.8, 4) is 28.0 Å². The van der Waals surface area contributed by atoms with Crippen molar-refractivity contribution < 1.29 is 14.3 Å². The number of aromatic hydroxyl groups is 1. The summed E-state index contributed by atoms with van der Waals surface area (Å²) in [6.45, 7) is 4.05. The molecule has 176 valence electrons. The van der Waals surface area contributed by atoms with Gasteiger partial charge in [0.15, 0.2) is 0 Å². The van der Waals surface area contributed by atoms with Crippen LogP contribution in [0.25, 0.3) is 22.3 Å². The third-order valence-electron chi connectivity index (χ3n) is 6.45. The number of phenolic OH excluding ortho intramolecular Hbond substituents is 1. The number of anilines is 2. The lowest BCUT2D eigenvalue weighted by Crippen LogP contribution is -2.43. The standard InChI is InChI=1S/C26H26ClFN4O2/c27-22-13-17(4-5-23(22)32-10-2-1-3-25(32)33)20-15-19(28)16-21(26(20)34)18-6-7-30-24(14-18)31-11-8-29-9-12-31/h4-7,13-16,29,34H,1-3,8-12H2. The summed E-state index contributed by atoms with van der Waals surface area (Å²) in [7, 11) is 0. The van der Waals surface area contributed by atoms with Crippen LogP contribution in [0.5, 0.6) is 5.75 Å². The number of hydrogen-bond donors (Lipinski definition) is 2. The average Bonchev–Trinajstić information content (AvgIpc) is 2.86. The number of phenols is 1. The molecule has 2 saturated heterocycles. The van der Waals surface area contributed by atoms with Crippen molar-refractivity contribution in [2.45, 2.75) is 19.3 Å². The predicted molar refractivity (Wildman–Crippen MR) is 133 cm³/mol. The van der Waals surface area contributed by atoms with E-state index < -0.39 is 5.82 Å². The average molecular weight is 481 g/mol. The van der Waals surface area contributed by atoms with Crippen LogP contribution >= 0.6 is 11.6 Å². The lowest BCUT2D eigenvalue weighted by Gasteiger charge is -2.28. The number of nitrogens with one attached hydrogen (secondary N) is 1. The highest BCUT2D eigenvalue weighted by Crippen LogP contribution is 2.41. The van der Waals surface area contributed by atoms with Crippen molar-refractivity contribution in [3.63, 3.8) is 0 Å². The minimum absolute atomic E-state index is 0.0308. The number of piperidine rings is 1. The molecular weight excluding hydrogens is 455 g/mol. The number of carbonyl (C=O) groups is 1. The van der Waals surface area contributed by atoms with Gasteiger partial charge in [0, 0.05) is 56.5 Å². The van der Waals surface area contributed by atoms with Gasteiger partial charge >= 0.3 is 0 Å². The van der Waals surface area contributed by atoms with Crippen LogP contribution in [0, 0.1) is 5.82 Å². The molecule has 8 heteroatoms. The first-order chi connectivity index (χ1) is 16.5. The van der Waals surface area contributed by atoms with Gasteiger partial charge in [-0.25, -0.2) is 9.37 Å². The third-order valence-corrected chi connectivity index (χ3v) is 6.75. The van der Waals surface area contributed by atoms with Gasteiger partial charge in [-0.3, -0.25) is 4.79 Å². The Hall–Kier alpha value is -3.16. The Kier molecular flexibility index (Phi) is 6.39. The molecule has 0 radical (unpaired) electrons. The van der Waals surface area contributed by atoms with Crippen LogP contribution in [0.3, 0.4) is 0 Å². The molecule has 0 saturated carbocycles. The molecule has 3 aromatic rings. The fraction of sp³-hybridized carbons (Fsp3) is 0.308. The fourth-order valence-electron chi connectivity index (χ4n) is 4.65. The second kappa shape index (κ2) is 9.60. The van der Waals surface area contributed by atoms with E-state index in [1.165, 1.54) is 12.1 Å². The first-order valence-electron chi connectivity index (χ1n) is 11.6. The van der Waals surface area contributed by atoms with Gasteiger partial charge in [-0.15, -0.1) is 0 Å². The summed E-state index contributed by atoms with van der Waals surface area (Å²) in [4.78, 5) is 20.6. The van der Waals surface area contributed by atoms with E-state index in [0.717, 1.165) is 44.8 Å². The Morgan fingerprint density at radius 3 is 2.41 bits per heavy atom. The van der Waals surface area contributed by atoms with E-state index in [2.05, 4.69) is 15.2 Å². The largest absolute Gasteiger partial charge is 0.507 e. The Balaban J connectivity index is 1.51. The number of aromatic nitrogens is 1. The van der Waals surface area contributed by atoms with Gasteiger partial charge in [-0.1, -0.05) is 17.7 Å². The molecule has 2 N–H and O–H groups in total. The second-order valence-electron chi connectivity index (χ2n) is 8.66. The summed E-state index contributed by atoms with van der Waals surface area (Å²) in [5.41, 5.74) is 2.63. The van der Waals surface area contributed by atoms with Crippen molar-refractivity contribution in [2.24, 2.45) is 0 Å². The van der Waals surface area contributed by atoms with Gasteiger partial charge in [-0.2, -0.15) is 0 Å². The number of pyridine rings is 1. The van der Waals surface area contributed by atoms with Crippen LogP contribution in [0.4, 0.5) is 15.9 Å². The predicted octanol–water partition coefficient (Wildman–Crippen LogP) is 4.84. The molecule has 1 aromatic heterocycles. The quantitative estimate of drug-likeness (QED) is 0.559. The van der Waals surface area contributed by atoms with Crippen molar-refractivity contribution in [2.75, 3.05) is 42.5 Å². The zero-order valence-corrected chi connectivity index (χ0v) is 19.5. The van der Waals surface area contributed by atoms with Gasteiger partial charge in [-0.05, 0) is 60.4 Å². The number of amides is 1. The van der Waals surface area contributed by atoms with Crippen LogP contribution in [0.2, 0.25) is 5.02 Å². The van der Waals surface area contributed by atoms with Gasteiger partial charge in [0.2, 0.25) is 5.91 Å². The first kappa shape index (κ1) is 22.6. The maximum absolute atomic E-state index is 14.7. The Bertz CT molecular complexity index is 1230. The minimum atomic E-state index is -0.463. The van der Waals surface area contributed by atoms with E-state index in [1.807, 2.05) is 6.07 Å². The summed E-state index contributed by atoms with van der Waals surface area (Å²) in [5, 5.41) is 14.9. The monoisotopic (exact) mass is 480 g/mol. The van der Waals surface area contributed by atoms with E-state index in [4.69, 9.17) is 11.6 Å². The molecule has 6 nitrogen and oxygen atoms in total. The topological polar surface area (TPSA) is 68.7 Å². The molecule has 0 unspecified atom stereocenters. The van der Waals surface area contributed by atoms with Crippen LogP contribution < -0.4 is 15.1 Å². The van der Waals surface area contributed by atoms with Crippen LogP contribution in [0.1, 0.15) is 19.3 Å². The Labute approximate surface area is 203 Å². The molecule has 34 heavy (non-hydrogen) atoms. The van der Waals surface area contributed by atoms with Gasteiger partial charge in [0.05, 0.1) is 10.7 Å².